The summed E-state index contributed by atoms with van der Waals surface area (Å²) in [7, 11) is 0. The van der Waals surface area contributed by atoms with Crippen LogP contribution in [0.3, 0.4) is 0 Å². The second-order valence-corrected chi connectivity index (χ2v) is 5.05. The van der Waals surface area contributed by atoms with Crippen LogP contribution in [0.15, 0.2) is 24.3 Å². The Labute approximate surface area is 132 Å². The summed E-state index contributed by atoms with van der Waals surface area (Å²) < 4.78 is 79.3. The molecule has 0 atom stereocenters. The van der Waals surface area contributed by atoms with E-state index in [4.69, 9.17) is 22.9 Å². The van der Waals surface area contributed by atoms with Crippen LogP contribution >= 0.6 is 0 Å². The van der Waals surface area contributed by atoms with Crippen LogP contribution in [0.1, 0.15) is 11.1 Å². The molecule has 2 aromatic carbocycles. The van der Waals surface area contributed by atoms with Crippen LogP contribution in [0.25, 0.3) is 11.1 Å². The highest BCUT2D eigenvalue weighted by Gasteiger charge is 2.39. The highest BCUT2D eigenvalue weighted by molar-refractivity contribution is 5.84. The first-order valence-corrected chi connectivity index (χ1v) is 6.35. The van der Waals surface area contributed by atoms with Crippen LogP contribution in [-0.2, 0) is 12.4 Å². The molecule has 10 heteroatoms. The van der Waals surface area contributed by atoms with Gasteiger partial charge in [0.1, 0.15) is 0 Å². The Kier molecular flexibility index (Phi) is 3.95. The fourth-order valence-corrected chi connectivity index (χ4v) is 2.18. The first-order chi connectivity index (χ1) is 10.8. The number of halogens is 6. The lowest BCUT2D eigenvalue weighted by molar-refractivity contribution is -0.139. The Morgan fingerprint density at radius 3 is 1.00 bits per heavy atom. The Bertz CT molecular complexity index is 728. The number of nitrogen functional groups attached to an aromatic ring is 4. The van der Waals surface area contributed by atoms with E-state index in [9.17, 15) is 26.3 Å². The van der Waals surface area contributed by atoms with Crippen molar-refractivity contribution in [3.8, 4) is 11.1 Å². The molecule has 0 amide bonds. The molecule has 4 nitrogen and oxygen atoms in total. The highest BCUT2D eigenvalue weighted by Crippen LogP contribution is 2.46. The van der Waals surface area contributed by atoms with E-state index >= 15 is 0 Å². The summed E-state index contributed by atoms with van der Waals surface area (Å²) in [5.41, 5.74) is 16.0. The maximum atomic E-state index is 13.2. The molecular weight excluding hydrogens is 338 g/mol. The number of alkyl halides is 6. The second-order valence-electron chi connectivity index (χ2n) is 5.05. The fourth-order valence-electron chi connectivity index (χ4n) is 2.18. The Morgan fingerprint density at radius 2 is 0.750 bits per heavy atom. The summed E-state index contributed by atoms with van der Waals surface area (Å²) in [6.45, 7) is 0. The minimum absolute atomic E-state index is 0.290. The molecule has 0 aliphatic carbocycles. The lowest BCUT2D eigenvalue weighted by Gasteiger charge is -2.20. The van der Waals surface area contributed by atoms with Gasteiger partial charge < -0.3 is 22.9 Å². The van der Waals surface area contributed by atoms with Crippen molar-refractivity contribution < 1.29 is 26.3 Å². The quantitative estimate of drug-likeness (QED) is 0.465. The molecule has 0 aliphatic heterocycles. The molecule has 2 rings (SSSR count). The summed E-state index contributed by atoms with van der Waals surface area (Å²) in [4.78, 5) is 0. The molecule has 0 aliphatic rings. The van der Waals surface area contributed by atoms with Crippen molar-refractivity contribution in [1.82, 2.24) is 0 Å². The van der Waals surface area contributed by atoms with E-state index in [1.807, 2.05) is 0 Å². The molecule has 2 aromatic rings. The van der Waals surface area contributed by atoms with Gasteiger partial charge in [0.15, 0.2) is 0 Å². The van der Waals surface area contributed by atoms with Crippen LogP contribution in [-0.4, -0.2) is 0 Å². The second kappa shape index (κ2) is 5.39. The van der Waals surface area contributed by atoms with Gasteiger partial charge in [0.2, 0.25) is 0 Å². The molecule has 24 heavy (non-hydrogen) atoms. The van der Waals surface area contributed by atoms with Gasteiger partial charge in [-0.3, -0.25) is 0 Å². The molecule has 0 fully saturated rings. The van der Waals surface area contributed by atoms with E-state index in [1.165, 1.54) is 0 Å². The third kappa shape index (κ3) is 3.12. The van der Waals surface area contributed by atoms with Crippen LogP contribution < -0.4 is 22.9 Å². The van der Waals surface area contributed by atoms with Crippen molar-refractivity contribution in [3.05, 3.63) is 35.4 Å². The van der Waals surface area contributed by atoms with Gasteiger partial charge in [-0.05, 0) is 35.4 Å². The Hall–Kier alpha value is -2.78. The lowest BCUT2D eigenvalue weighted by Crippen LogP contribution is -2.13. The zero-order valence-corrected chi connectivity index (χ0v) is 11.9. The smallest absolute Gasteiger partial charge is 0.397 e. The first kappa shape index (κ1) is 17.6. The van der Waals surface area contributed by atoms with Crippen molar-refractivity contribution in [2.45, 2.75) is 12.4 Å². The zero-order valence-electron chi connectivity index (χ0n) is 11.9. The van der Waals surface area contributed by atoms with Gasteiger partial charge in [-0.25, -0.2) is 0 Å². The summed E-state index contributed by atoms with van der Waals surface area (Å²) >= 11 is 0. The number of rotatable bonds is 1. The van der Waals surface area contributed by atoms with E-state index in [2.05, 4.69) is 0 Å². The van der Waals surface area contributed by atoms with E-state index in [0.29, 0.717) is 12.1 Å². The number of nitrogens with two attached hydrogens (primary N) is 4. The van der Waals surface area contributed by atoms with E-state index < -0.39 is 46.0 Å². The summed E-state index contributed by atoms with van der Waals surface area (Å²) in [6, 6.07) is 2.44. The summed E-state index contributed by atoms with van der Waals surface area (Å²) in [5, 5.41) is 0. The average molecular weight is 350 g/mol. The molecule has 0 saturated carbocycles. The third-order valence-electron chi connectivity index (χ3n) is 3.35. The monoisotopic (exact) mass is 350 g/mol. The normalized spacial score (nSPS) is 12.4. The van der Waals surface area contributed by atoms with E-state index in [1.54, 1.807) is 0 Å². The molecule has 0 heterocycles. The predicted molar refractivity (Wildman–Crippen MR) is 79.5 cm³/mol. The van der Waals surface area contributed by atoms with Crippen molar-refractivity contribution in [1.29, 1.82) is 0 Å². The van der Waals surface area contributed by atoms with E-state index in [0.717, 1.165) is 12.1 Å². The van der Waals surface area contributed by atoms with Gasteiger partial charge in [0, 0.05) is 0 Å². The van der Waals surface area contributed by atoms with Gasteiger partial charge >= 0.3 is 12.4 Å². The molecule has 0 unspecified atom stereocenters. The largest absolute Gasteiger partial charge is 0.417 e. The minimum atomic E-state index is -4.95. The standard InChI is InChI=1S/C14H12F6N4/c15-13(16,17)7-3-11(23)9(21)1-5(7)6-2-10(22)12(24)4-8(6)14(18,19)20/h1-4H,21-24H2. The Balaban J connectivity index is 2.91. The van der Waals surface area contributed by atoms with Crippen molar-refractivity contribution in [2.75, 3.05) is 22.9 Å². The summed E-state index contributed by atoms with van der Waals surface area (Å²) in [5.74, 6) is 0. The highest BCUT2D eigenvalue weighted by atomic mass is 19.4. The fraction of sp³-hybridized carbons (Fsp3) is 0.143. The topological polar surface area (TPSA) is 104 Å². The molecule has 130 valence electrons. The van der Waals surface area contributed by atoms with Gasteiger partial charge in [0.25, 0.3) is 0 Å². The molecule has 0 bridgehead atoms. The molecule has 0 saturated heterocycles. The lowest BCUT2D eigenvalue weighted by atomic mass is 9.92. The number of benzene rings is 2. The number of hydrogen-bond acceptors (Lipinski definition) is 4. The SMILES string of the molecule is Nc1cc(-c2cc(N)c(N)cc2C(F)(F)F)c(C(F)(F)F)cc1N. The number of hydrogen-bond donors (Lipinski definition) is 4. The van der Waals surface area contributed by atoms with Crippen molar-refractivity contribution in [2.24, 2.45) is 0 Å². The van der Waals surface area contributed by atoms with Crippen LogP contribution in [0, 0.1) is 0 Å². The van der Waals surface area contributed by atoms with Gasteiger partial charge in [-0.2, -0.15) is 26.3 Å². The molecule has 0 aromatic heterocycles. The molecule has 0 spiro atoms. The van der Waals surface area contributed by atoms with Gasteiger partial charge in [-0.1, -0.05) is 0 Å². The molecular formula is C14H12F6N4. The zero-order chi connectivity index (χ0) is 18.4. The maximum absolute atomic E-state index is 13.2. The van der Waals surface area contributed by atoms with Crippen LogP contribution in [0.2, 0.25) is 0 Å². The third-order valence-corrected chi connectivity index (χ3v) is 3.35. The molecule has 0 radical (unpaired) electrons. The number of anilines is 4. The molecule has 8 N–H and O–H groups in total. The average Bonchev–Trinajstić information content (AvgIpc) is 2.41. The maximum Gasteiger partial charge on any atom is 0.417 e. The first-order valence-electron chi connectivity index (χ1n) is 6.35. The van der Waals surface area contributed by atoms with Crippen LogP contribution in [0.5, 0.6) is 0 Å². The Morgan fingerprint density at radius 1 is 0.500 bits per heavy atom. The van der Waals surface area contributed by atoms with Gasteiger partial charge in [-0.15, -0.1) is 0 Å². The van der Waals surface area contributed by atoms with Crippen LogP contribution in [0.4, 0.5) is 49.1 Å². The minimum Gasteiger partial charge on any atom is -0.397 e. The van der Waals surface area contributed by atoms with Gasteiger partial charge in [0.05, 0.1) is 33.9 Å². The summed E-state index contributed by atoms with van der Waals surface area (Å²) in [6.07, 6.45) is -9.90. The van der Waals surface area contributed by atoms with Crippen molar-refractivity contribution >= 4 is 22.7 Å². The predicted octanol–water partition coefficient (Wildman–Crippen LogP) is 3.72. The van der Waals surface area contributed by atoms with Crippen molar-refractivity contribution in [3.63, 3.8) is 0 Å². The van der Waals surface area contributed by atoms with E-state index in [-0.39, 0.29) is 11.4 Å².